The van der Waals surface area contributed by atoms with Crippen LogP contribution in [0.2, 0.25) is 0 Å². The van der Waals surface area contributed by atoms with E-state index in [0.717, 1.165) is 69.5 Å². The Morgan fingerprint density at radius 3 is 2.34 bits per heavy atom. The number of pyridine rings is 1. The van der Waals surface area contributed by atoms with E-state index in [2.05, 4.69) is 88.7 Å². The lowest BCUT2D eigenvalue weighted by atomic mass is 10.0. The van der Waals surface area contributed by atoms with Gasteiger partial charge in [-0.1, -0.05) is 36.4 Å². The van der Waals surface area contributed by atoms with Gasteiger partial charge >= 0.3 is 0 Å². The van der Waals surface area contributed by atoms with Gasteiger partial charge in [0.25, 0.3) is 0 Å². The molecule has 3 rings (SSSR count). The van der Waals surface area contributed by atoms with Crippen LogP contribution in [0.5, 0.6) is 0 Å². The summed E-state index contributed by atoms with van der Waals surface area (Å²) >= 11 is 0. The molecule has 0 atom stereocenters. The average Bonchev–Trinajstić information content (AvgIpc) is 2.81. The molecule has 0 spiro atoms. The van der Waals surface area contributed by atoms with E-state index in [1.54, 1.807) is 0 Å². The zero-order valence-electron chi connectivity index (χ0n) is 19.8. The number of halogens is 1. The quantitative estimate of drug-likeness (QED) is 0.278. The van der Waals surface area contributed by atoms with Crippen molar-refractivity contribution in [1.82, 2.24) is 20.5 Å². The number of guanidine groups is 1. The maximum atomic E-state index is 4.81. The molecule has 1 aliphatic rings. The van der Waals surface area contributed by atoms with E-state index in [0.29, 0.717) is 12.6 Å². The predicted molar refractivity (Wildman–Crippen MR) is 146 cm³/mol. The molecule has 32 heavy (non-hydrogen) atoms. The summed E-state index contributed by atoms with van der Waals surface area (Å²) in [6, 6.07) is 15.4. The molecule has 1 aliphatic heterocycles. The van der Waals surface area contributed by atoms with Crippen molar-refractivity contribution in [2.45, 2.75) is 52.7 Å². The predicted octanol–water partition coefficient (Wildman–Crippen LogP) is 4.27. The lowest BCUT2D eigenvalue weighted by Gasteiger charge is -2.33. The number of rotatable bonds is 9. The average molecular weight is 551 g/mol. The summed E-state index contributed by atoms with van der Waals surface area (Å²) < 4.78 is 0. The first-order valence-corrected chi connectivity index (χ1v) is 11.7. The molecule has 0 saturated carbocycles. The molecule has 0 amide bonds. The molecular formula is C25H39IN6. The number of benzene rings is 1. The van der Waals surface area contributed by atoms with E-state index in [1.807, 2.05) is 6.20 Å². The second-order valence-electron chi connectivity index (χ2n) is 8.07. The van der Waals surface area contributed by atoms with Crippen molar-refractivity contribution in [2.24, 2.45) is 4.99 Å². The Labute approximate surface area is 210 Å². The minimum absolute atomic E-state index is 0. The van der Waals surface area contributed by atoms with Gasteiger partial charge in [-0.2, -0.15) is 0 Å². The highest BCUT2D eigenvalue weighted by molar-refractivity contribution is 14.0. The third kappa shape index (κ3) is 8.24. The van der Waals surface area contributed by atoms with Crippen LogP contribution in [0, 0.1) is 0 Å². The van der Waals surface area contributed by atoms with E-state index >= 15 is 0 Å². The smallest absolute Gasteiger partial charge is 0.191 e. The molecule has 7 heteroatoms. The topological polar surface area (TPSA) is 55.8 Å². The van der Waals surface area contributed by atoms with Crippen LogP contribution in [-0.2, 0) is 13.1 Å². The first-order chi connectivity index (χ1) is 15.2. The Hall–Kier alpha value is -1.87. The summed E-state index contributed by atoms with van der Waals surface area (Å²) in [5.41, 5.74) is 2.52. The van der Waals surface area contributed by atoms with Gasteiger partial charge in [0, 0.05) is 51.5 Å². The van der Waals surface area contributed by atoms with Crippen molar-refractivity contribution in [3.63, 3.8) is 0 Å². The number of likely N-dealkylation sites (tertiary alicyclic amines) is 1. The van der Waals surface area contributed by atoms with Gasteiger partial charge in [-0.05, 0) is 50.8 Å². The SMILES string of the molecule is CCNC(=NCc1ccc(N(CC)CC)nc1)NC1CCN(Cc2ccccc2)CC1.I. The third-order valence-electron chi connectivity index (χ3n) is 5.84. The highest BCUT2D eigenvalue weighted by Gasteiger charge is 2.20. The molecule has 0 unspecified atom stereocenters. The van der Waals surface area contributed by atoms with Crippen molar-refractivity contribution >= 4 is 35.8 Å². The maximum Gasteiger partial charge on any atom is 0.191 e. The van der Waals surface area contributed by atoms with Gasteiger partial charge < -0.3 is 15.5 Å². The van der Waals surface area contributed by atoms with E-state index in [-0.39, 0.29) is 24.0 Å². The van der Waals surface area contributed by atoms with Gasteiger partial charge in [-0.3, -0.25) is 4.90 Å². The fraction of sp³-hybridized carbons (Fsp3) is 0.520. The summed E-state index contributed by atoms with van der Waals surface area (Å²) in [6.07, 6.45) is 4.22. The van der Waals surface area contributed by atoms with E-state index < -0.39 is 0 Å². The Kier molecular flexibility index (Phi) is 11.8. The van der Waals surface area contributed by atoms with E-state index in [9.17, 15) is 0 Å². The molecule has 1 aromatic carbocycles. The normalized spacial score (nSPS) is 15.2. The van der Waals surface area contributed by atoms with Gasteiger partial charge in [0.15, 0.2) is 5.96 Å². The van der Waals surface area contributed by atoms with Crippen LogP contribution in [0.25, 0.3) is 0 Å². The first kappa shape index (κ1) is 26.4. The molecule has 1 fully saturated rings. The number of hydrogen-bond acceptors (Lipinski definition) is 4. The fourth-order valence-corrected chi connectivity index (χ4v) is 4.01. The minimum Gasteiger partial charge on any atom is -0.357 e. The highest BCUT2D eigenvalue weighted by Crippen LogP contribution is 2.14. The van der Waals surface area contributed by atoms with Crippen molar-refractivity contribution < 1.29 is 0 Å². The molecule has 2 aromatic rings. The molecule has 1 saturated heterocycles. The monoisotopic (exact) mass is 550 g/mol. The molecule has 2 N–H and O–H groups in total. The Morgan fingerprint density at radius 2 is 1.75 bits per heavy atom. The minimum atomic E-state index is 0. The Morgan fingerprint density at radius 1 is 1.03 bits per heavy atom. The Bertz CT molecular complexity index is 784. The van der Waals surface area contributed by atoms with Crippen LogP contribution in [0.15, 0.2) is 53.7 Å². The fourth-order valence-electron chi connectivity index (χ4n) is 4.01. The highest BCUT2D eigenvalue weighted by atomic mass is 127. The van der Waals surface area contributed by atoms with E-state index in [4.69, 9.17) is 4.99 Å². The second-order valence-corrected chi connectivity index (χ2v) is 8.07. The third-order valence-corrected chi connectivity index (χ3v) is 5.84. The molecule has 0 bridgehead atoms. The van der Waals surface area contributed by atoms with Gasteiger partial charge in [0.2, 0.25) is 0 Å². The molecule has 2 heterocycles. The molecule has 1 aromatic heterocycles. The number of aromatic nitrogens is 1. The molecule has 6 nitrogen and oxygen atoms in total. The zero-order chi connectivity index (χ0) is 21.9. The van der Waals surface area contributed by atoms with Crippen molar-refractivity contribution in [1.29, 1.82) is 0 Å². The molecular weight excluding hydrogens is 511 g/mol. The van der Waals surface area contributed by atoms with Crippen LogP contribution >= 0.6 is 24.0 Å². The van der Waals surface area contributed by atoms with Gasteiger partial charge in [0.05, 0.1) is 6.54 Å². The molecule has 0 radical (unpaired) electrons. The zero-order valence-corrected chi connectivity index (χ0v) is 22.1. The molecule has 0 aliphatic carbocycles. The number of anilines is 1. The van der Waals surface area contributed by atoms with Crippen LogP contribution < -0.4 is 15.5 Å². The van der Waals surface area contributed by atoms with Crippen LogP contribution in [0.3, 0.4) is 0 Å². The van der Waals surface area contributed by atoms with Crippen molar-refractivity contribution in [3.05, 3.63) is 59.8 Å². The largest absolute Gasteiger partial charge is 0.357 e. The van der Waals surface area contributed by atoms with Crippen LogP contribution in [0.4, 0.5) is 5.82 Å². The standard InChI is InChI=1S/C25H38N6.HI/c1-4-26-25(28-19-22-12-13-24(27-18-22)31(5-2)6-3)29-23-14-16-30(17-15-23)20-21-10-8-7-9-11-21;/h7-13,18,23H,4-6,14-17,19-20H2,1-3H3,(H2,26,28,29);1H. The number of piperidine rings is 1. The summed E-state index contributed by atoms with van der Waals surface area (Å²) in [6.45, 7) is 13.1. The second kappa shape index (κ2) is 14.3. The summed E-state index contributed by atoms with van der Waals surface area (Å²) in [5.74, 6) is 1.93. The summed E-state index contributed by atoms with van der Waals surface area (Å²) in [7, 11) is 0. The summed E-state index contributed by atoms with van der Waals surface area (Å²) in [5, 5.41) is 7.04. The number of nitrogens with one attached hydrogen (secondary N) is 2. The van der Waals surface area contributed by atoms with Gasteiger partial charge in [-0.25, -0.2) is 9.98 Å². The number of aliphatic imine (C=N–C) groups is 1. The lowest BCUT2D eigenvalue weighted by Crippen LogP contribution is -2.48. The Balaban J connectivity index is 0.00000363. The van der Waals surface area contributed by atoms with Crippen LogP contribution in [0.1, 0.15) is 44.7 Å². The summed E-state index contributed by atoms with van der Waals surface area (Å²) in [4.78, 5) is 14.2. The number of hydrogen-bond donors (Lipinski definition) is 2. The van der Waals surface area contributed by atoms with Crippen molar-refractivity contribution in [2.75, 3.05) is 37.6 Å². The van der Waals surface area contributed by atoms with Crippen LogP contribution in [-0.4, -0.2) is 54.6 Å². The lowest BCUT2D eigenvalue weighted by molar-refractivity contribution is 0.198. The van der Waals surface area contributed by atoms with Gasteiger partial charge in [0.1, 0.15) is 5.82 Å². The number of nitrogens with zero attached hydrogens (tertiary/aromatic N) is 4. The van der Waals surface area contributed by atoms with E-state index in [1.165, 1.54) is 5.56 Å². The maximum absolute atomic E-state index is 4.81. The van der Waals surface area contributed by atoms with Gasteiger partial charge in [-0.15, -0.1) is 24.0 Å². The first-order valence-electron chi connectivity index (χ1n) is 11.7. The molecule has 176 valence electrons. The van der Waals surface area contributed by atoms with Crippen molar-refractivity contribution in [3.8, 4) is 0 Å².